The van der Waals surface area contributed by atoms with E-state index in [-0.39, 0.29) is 5.02 Å². The van der Waals surface area contributed by atoms with E-state index in [1.54, 1.807) is 0 Å². The maximum atomic E-state index is 13.4. The lowest BCUT2D eigenvalue weighted by Gasteiger charge is -2.01. The van der Waals surface area contributed by atoms with Crippen LogP contribution in [0.15, 0.2) is 34.7 Å². The van der Waals surface area contributed by atoms with E-state index in [2.05, 4.69) is 16.4 Å². The van der Waals surface area contributed by atoms with Crippen molar-refractivity contribution in [2.24, 2.45) is 0 Å². The van der Waals surface area contributed by atoms with E-state index >= 15 is 0 Å². The smallest absolute Gasteiger partial charge is 0.227 e. The van der Waals surface area contributed by atoms with Gasteiger partial charge in [0.15, 0.2) is 5.58 Å². The molecule has 0 spiro atoms. The zero-order valence-corrected chi connectivity index (χ0v) is 11.2. The molecule has 1 aromatic heterocycles. The first kappa shape index (κ1) is 11.7. The highest BCUT2D eigenvalue weighted by molar-refractivity contribution is 6.31. The van der Waals surface area contributed by atoms with Crippen molar-refractivity contribution < 1.29 is 8.81 Å². The van der Waals surface area contributed by atoms with Crippen LogP contribution in [0.1, 0.15) is 5.56 Å². The molecule has 0 fully saturated rings. The van der Waals surface area contributed by atoms with Crippen LogP contribution >= 0.6 is 11.6 Å². The van der Waals surface area contributed by atoms with E-state index < -0.39 is 5.82 Å². The molecule has 3 nitrogen and oxygen atoms in total. The number of hydrogen-bond donors (Lipinski definition) is 1. The Morgan fingerprint density at radius 3 is 3.05 bits per heavy atom. The minimum atomic E-state index is -0.502. The second-order valence-electron chi connectivity index (χ2n) is 4.80. The molecule has 0 aliphatic carbocycles. The van der Waals surface area contributed by atoms with Crippen LogP contribution in [0.2, 0.25) is 5.02 Å². The third-order valence-corrected chi connectivity index (χ3v) is 3.79. The van der Waals surface area contributed by atoms with Crippen LogP contribution in [0, 0.1) is 5.82 Å². The number of rotatable bonds is 1. The lowest BCUT2D eigenvalue weighted by molar-refractivity contribution is 0.602. The minimum Gasteiger partial charge on any atom is -0.436 e. The topological polar surface area (TPSA) is 38.1 Å². The van der Waals surface area contributed by atoms with Crippen molar-refractivity contribution >= 4 is 28.4 Å². The first-order valence-corrected chi connectivity index (χ1v) is 6.71. The molecule has 0 unspecified atom stereocenters. The van der Waals surface area contributed by atoms with Gasteiger partial charge in [-0.25, -0.2) is 9.37 Å². The average Bonchev–Trinajstić information content (AvgIpc) is 3.04. The second kappa shape index (κ2) is 4.21. The molecule has 20 heavy (non-hydrogen) atoms. The molecule has 1 N–H and O–H groups in total. The van der Waals surface area contributed by atoms with Crippen LogP contribution in [0.25, 0.3) is 22.6 Å². The molecule has 2 heterocycles. The van der Waals surface area contributed by atoms with Crippen molar-refractivity contribution in [2.75, 3.05) is 11.9 Å². The molecule has 0 amide bonds. The van der Waals surface area contributed by atoms with Crippen molar-refractivity contribution in [3.8, 4) is 11.5 Å². The Balaban J connectivity index is 1.86. The number of aromatic nitrogens is 1. The van der Waals surface area contributed by atoms with Gasteiger partial charge in [0.05, 0.1) is 5.02 Å². The molecule has 1 aliphatic heterocycles. The van der Waals surface area contributed by atoms with Gasteiger partial charge < -0.3 is 9.73 Å². The standard InChI is InChI=1S/C15H10ClFN2O/c16-10-6-13-14(7-11(10)17)20-15(19-13)9-2-1-8-3-4-18-12(8)5-9/h1-2,5-7,18H,3-4H2. The fourth-order valence-corrected chi connectivity index (χ4v) is 2.63. The van der Waals surface area contributed by atoms with E-state index in [0.717, 1.165) is 24.2 Å². The van der Waals surface area contributed by atoms with Gasteiger partial charge in [-0.2, -0.15) is 0 Å². The summed E-state index contributed by atoms with van der Waals surface area (Å²) in [6.45, 7) is 0.952. The Morgan fingerprint density at radius 1 is 1.25 bits per heavy atom. The van der Waals surface area contributed by atoms with Gasteiger partial charge in [-0.3, -0.25) is 0 Å². The second-order valence-corrected chi connectivity index (χ2v) is 5.21. The van der Waals surface area contributed by atoms with Crippen molar-refractivity contribution in [1.82, 2.24) is 4.98 Å². The van der Waals surface area contributed by atoms with Crippen LogP contribution in [-0.4, -0.2) is 11.5 Å². The summed E-state index contributed by atoms with van der Waals surface area (Å²) >= 11 is 5.75. The molecule has 4 rings (SSSR count). The molecule has 0 radical (unpaired) electrons. The van der Waals surface area contributed by atoms with Gasteiger partial charge >= 0.3 is 0 Å². The van der Waals surface area contributed by atoms with Crippen molar-refractivity contribution in [3.05, 3.63) is 46.7 Å². The van der Waals surface area contributed by atoms with Gasteiger partial charge in [-0.05, 0) is 30.2 Å². The summed E-state index contributed by atoms with van der Waals surface area (Å²) in [4.78, 5) is 4.36. The molecule has 0 atom stereocenters. The Labute approximate surface area is 119 Å². The number of oxazole rings is 1. The fraction of sp³-hybridized carbons (Fsp3) is 0.133. The third kappa shape index (κ3) is 1.76. The fourth-order valence-electron chi connectivity index (χ4n) is 2.47. The third-order valence-electron chi connectivity index (χ3n) is 3.50. The SMILES string of the molecule is Fc1cc2oc(-c3ccc4c(c3)NCC4)nc2cc1Cl. The highest BCUT2D eigenvalue weighted by Gasteiger charge is 2.15. The maximum Gasteiger partial charge on any atom is 0.227 e. The zero-order chi connectivity index (χ0) is 13.7. The van der Waals surface area contributed by atoms with Gasteiger partial charge in [-0.15, -0.1) is 0 Å². The first-order chi connectivity index (χ1) is 9.70. The predicted molar refractivity (Wildman–Crippen MR) is 76.6 cm³/mol. The molecular formula is C15H10ClFN2O. The van der Waals surface area contributed by atoms with Crippen LogP contribution in [0.4, 0.5) is 10.1 Å². The molecule has 0 bridgehead atoms. The highest BCUT2D eigenvalue weighted by Crippen LogP contribution is 2.31. The quantitative estimate of drug-likeness (QED) is 0.727. The van der Waals surface area contributed by atoms with Crippen LogP contribution in [-0.2, 0) is 6.42 Å². The number of nitrogens with one attached hydrogen (secondary N) is 1. The molecule has 5 heteroatoms. The first-order valence-electron chi connectivity index (χ1n) is 6.33. The number of benzene rings is 2. The summed E-state index contributed by atoms with van der Waals surface area (Å²) in [7, 11) is 0. The number of fused-ring (bicyclic) bond motifs is 2. The number of hydrogen-bond acceptors (Lipinski definition) is 3. The molecule has 100 valence electrons. The minimum absolute atomic E-state index is 0.0490. The predicted octanol–water partition coefficient (Wildman–Crippen LogP) is 4.26. The summed E-state index contributed by atoms with van der Waals surface area (Å²) in [5, 5.41) is 3.36. The summed E-state index contributed by atoms with van der Waals surface area (Å²) < 4.78 is 19.0. The van der Waals surface area contributed by atoms with E-state index in [1.807, 2.05) is 12.1 Å². The number of halogens is 2. The summed E-state index contributed by atoms with van der Waals surface area (Å²) in [6.07, 6.45) is 1.03. The van der Waals surface area contributed by atoms with Gasteiger partial charge in [0.25, 0.3) is 0 Å². The highest BCUT2D eigenvalue weighted by atomic mass is 35.5. The van der Waals surface area contributed by atoms with E-state index in [1.165, 1.54) is 17.7 Å². The van der Waals surface area contributed by atoms with Crippen molar-refractivity contribution in [3.63, 3.8) is 0 Å². The van der Waals surface area contributed by atoms with E-state index in [0.29, 0.717) is 17.0 Å². The molecule has 2 aromatic carbocycles. The van der Waals surface area contributed by atoms with Crippen molar-refractivity contribution in [2.45, 2.75) is 6.42 Å². The van der Waals surface area contributed by atoms with Gasteiger partial charge in [0.2, 0.25) is 5.89 Å². The molecule has 0 saturated heterocycles. The Hall–Kier alpha value is -2.07. The van der Waals surface area contributed by atoms with E-state index in [9.17, 15) is 4.39 Å². The monoisotopic (exact) mass is 288 g/mol. The average molecular weight is 289 g/mol. The van der Waals surface area contributed by atoms with Crippen LogP contribution < -0.4 is 5.32 Å². The molecule has 3 aromatic rings. The normalized spacial score (nSPS) is 13.5. The molecular weight excluding hydrogens is 279 g/mol. The lowest BCUT2D eigenvalue weighted by Crippen LogP contribution is -1.91. The van der Waals surface area contributed by atoms with Gasteiger partial charge in [0.1, 0.15) is 11.3 Å². The lowest BCUT2D eigenvalue weighted by atomic mass is 10.1. The summed E-state index contributed by atoms with van der Waals surface area (Å²) in [5.74, 6) is -0.0318. The van der Waals surface area contributed by atoms with E-state index in [4.69, 9.17) is 16.0 Å². The Morgan fingerprint density at radius 2 is 2.15 bits per heavy atom. The van der Waals surface area contributed by atoms with Crippen LogP contribution in [0.3, 0.4) is 0 Å². The van der Waals surface area contributed by atoms with Crippen molar-refractivity contribution in [1.29, 1.82) is 0 Å². The summed E-state index contributed by atoms with van der Waals surface area (Å²) in [5.41, 5.74) is 4.22. The molecule has 0 saturated carbocycles. The molecule has 1 aliphatic rings. The maximum absolute atomic E-state index is 13.4. The number of anilines is 1. The van der Waals surface area contributed by atoms with Gasteiger partial charge in [-0.1, -0.05) is 17.7 Å². The summed E-state index contributed by atoms with van der Waals surface area (Å²) in [6, 6.07) is 8.78. The van der Waals surface area contributed by atoms with Crippen LogP contribution in [0.5, 0.6) is 0 Å². The van der Waals surface area contributed by atoms with Gasteiger partial charge in [0, 0.05) is 23.9 Å². The number of nitrogens with zero attached hydrogens (tertiary/aromatic N) is 1. The largest absolute Gasteiger partial charge is 0.436 e. The Bertz CT molecular complexity index is 789. The zero-order valence-electron chi connectivity index (χ0n) is 10.4. The Kier molecular flexibility index (Phi) is 2.47.